The number of nitrogens with one attached hydrogen (secondary N) is 1. The van der Waals surface area contributed by atoms with E-state index in [1.165, 1.54) is 0 Å². The molecule has 0 amide bonds. The highest BCUT2D eigenvalue weighted by Gasteiger charge is 2.06. The highest BCUT2D eigenvalue weighted by Crippen LogP contribution is 2.26. The third-order valence-corrected chi connectivity index (χ3v) is 2.84. The summed E-state index contributed by atoms with van der Waals surface area (Å²) in [6.07, 6.45) is 2.17. The summed E-state index contributed by atoms with van der Waals surface area (Å²) in [7, 11) is 0. The summed E-state index contributed by atoms with van der Waals surface area (Å²) in [5, 5.41) is 4.81. The standard InChI is InChI=1S/C11H15Cl2N/c1-3-9(4-2)14-11-7-8(12)5-6-10(11)13/h5-7,9,14H,3-4H2,1-2H3. The number of anilines is 1. The molecule has 0 heterocycles. The average molecular weight is 232 g/mol. The average Bonchev–Trinajstić information content (AvgIpc) is 2.19. The van der Waals surface area contributed by atoms with Gasteiger partial charge >= 0.3 is 0 Å². The number of hydrogen-bond donors (Lipinski definition) is 1. The molecule has 0 aliphatic rings. The first-order valence-corrected chi connectivity index (χ1v) is 5.64. The Labute approximate surface area is 95.4 Å². The van der Waals surface area contributed by atoms with Crippen LogP contribution in [-0.4, -0.2) is 6.04 Å². The first-order chi connectivity index (χ1) is 6.67. The van der Waals surface area contributed by atoms with Gasteiger partial charge in [-0.25, -0.2) is 0 Å². The Hall–Kier alpha value is -0.400. The Morgan fingerprint density at radius 2 is 1.86 bits per heavy atom. The molecule has 0 aliphatic heterocycles. The first-order valence-electron chi connectivity index (χ1n) is 4.89. The first kappa shape index (κ1) is 11.7. The molecule has 0 unspecified atom stereocenters. The van der Waals surface area contributed by atoms with Crippen LogP contribution in [-0.2, 0) is 0 Å². The van der Waals surface area contributed by atoms with Crippen LogP contribution in [0.5, 0.6) is 0 Å². The minimum atomic E-state index is 0.464. The molecule has 1 rings (SSSR count). The third kappa shape index (κ3) is 3.07. The van der Waals surface area contributed by atoms with Gasteiger partial charge in [0.1, 0.15) is 0 Å². The molecule has 0 spiro atoms. The number of benzene rings is 1. The molecule has 78 valence electrons. The van der Waals surface area contributed by atoms with Crippen LogP contribution in [0.3, 0.4) is 0 Å². The molecule has 1 nitrogen and oxygen atoms in total. The predicted molar refractivity (Wildman–Crippen MR) is 64.5 cm³/mol. The van der Waals surface area contributed by atoms with E-state index in [9.17, 15) is 0 Å². The molecule has 0 saturated heterocycles. The molecule has 14 heavy (non-hydrogen) atoms. The van der Waals surface area contributed by atoms with Crippen molar-refractivity contribution in [3.05, 3.63) is 28.2 Å². The summed E-state index contributed by atoms with van der Waals surface area (Å²) >= 11 is 11.9. The third-order valence-electron chi connectivity index (χ3n) is 2.27. The molecule has 1 N–H and O–H groups in total. The fourth-order valence-electron chi connectivity index (χ4n) is 1.32. The zero-order chi connectivity index (χ0) is 10.6. The fourth-order valence-corrected chi connectivity index (χ4v) is 1.67. The monoisotopic (exact) mass is 231 g/mol. The van der Waals surface area contributed by atoms with E-state index in [0.717, 1.165) is 23.6 Å². The zero-order valence-corrected chi connectivity index (χ0v) is 9.99. The molecule has 0 aromatic heterocycles. The molecule has 1 aromatic rings. The van der Waals surface area contributed by atoms with Gasteiger partial charge in [-0.05, 0) is 31.0 Å². The van der Waals surface area contributed by atoms with Crippen molar-refractivity contribution in [1.29, 1.82) is 0 Å². The van der Waals surface area contributed by atoms with Crippen LogP contribution in [0, 0.1) is 0 Å². The van der Waals surface area contributed by atoms with E-state index >= 15 is 0 Å². The topological polar surface area (TPSA) is 12.0 Å². The summed E-state index contributed by atoms with van der Waals surface area (Å²) in [4.78, 5) is 0. The van der Waals surface area contributed by atoms with Crippen molar-refractivity contribution in [2.75, 3.05) is 5.32 Å². The van der Waals surface area contributed by atoms with Gasteiger partial charge in [0.25, 0.3) is 0 Å². The summed E-state index contributed by atoms with van der Waals surface area (Å²) in [5.41, 5.74) is 0.924. The lowest BCUT2D eigenvalue weighted by Gasteiger charge is -2.17. The van der Waals surface area contributed by atoms with Gasteiger partial charge in [0, 0.05) is 11.1 Å². The van der Waals surface area contributed by atoms with Crippen molar-refractivity contribution in [2.45, 2.75) is 32.7 Å². The van der Waals surface area contributed by atoms with Crippen LogP contribution in [0.15, 0.2) is 18.2 Å². The van der Waals surface area contributed by atoms with Crippen LogP contribution >= 0.6 is 23.2 Å². The quantitative estimate of drug-likeness (QED) is 0.800. The molecule has 0 atom stereocenters. The maximum Gasteiger partial charge on any atom is 0.0638 e. The second kappa shape index (κ2) is 5.47. The van der Waals surface area contributed by atoms with Gasteiger partial charge in [-0.1, -0.05) is 37.0 Å². The highest BCUT2D eigenvalue weighted by atomic mass is 35.5. The second-order valence-electron chi connectivity index (χ2n) is 3.28. The van der Waals surface area contributed by atoms with Crippen LogP contribution in [0.4, 0.5) is 5.69 Å². The van der Waals surface area contributed by atoms with E-state index in [1.807, 2.05) is 12.1 Å². The highest BCUT2D eigenvalue weighted by molar-refractivity contribution is 6.35. The summed E-state index contributed by atoms with van der Waals surface area (Å²) in [6, 6.07) is 5.93. The molecule has 1 aromatic carbocycles. The lowest BCUT2D eigenvalue weighted by atomic mass is 10.1. The Bertz CT molecular complexity index is 295. The molecule has 0 fully saturated rings. The molecule has 0 saturated carbocycles. The van der Waals surface area contributed by atoms with Gasteiger partial charge in [-0.3, -0.25) is 0 Å². The van der Waals surface area contributed by atoms with Crippen LogP contribution < -0.4 is 5.32 Å². The van der Waals surface area contributed by atoms with Gasteiger partial charge in [-0.15, -0.1) is 0 Å². The Balaban J connectivity index is 2.79. The van der Waals surface area contributed by atoms with Crippen molar-refractivity contribution < 1.29 is 0 Å². The molecule has 0 bridgehead atoms. The van der Waals surface area contributed by atoms with E-state index in [2.05, 4.69) is 19.2 Å². The zero-order valence-electron chi connectivity index (χ0n) is 8.48. The van der Waals surface area contributed by atoms with Gasteiger partial charge in [-0.2, -0.15) is 0 Å². The van der Waals surface area contributed by atoms with Crippen LogP contribution in [0.1, 0.15) is 26.7 Å². The molecular formula is C11H15Cl2N. The summed E-state index contributed by atoms with van der Waals surface area (Å²) < 4.78 is 0. The minimum Gasteiger partial charge on any atom is -0.381 e. The van der Waals surface area contributed by atoms with Crippen molar-refractivity contribution in [3.8, 4) is 0 Å². The van der Waals surface area contributed by atoms with E-state index in [0.29, 0.717) is 11.1 Å². The van der Waals surface area contributed by atoms with E-state index in [-0.39, 0.29) is 0 Å². The number of rotatable bonds is 4. The normalized spacial score (nSPS) is 10.6. The number of halogens is 2. The Morgan fingerprint density at radius 1 is 1.21 bits per heavy atom. The summed E-state index contributed by atoms with van der Waals surface area (Å²) in [6.45, 7) is 4.30. The van der Waals surface area contributed by atoms with Crippen molar-refractivity contribution in [2.24, 2.45) is 0 Å². The predicted octanol–water partition coefficient (Wildman–Crippen LogP) is 4.59. The van der Waals surface area contributed by atoms with Gasteiger partial charge in [0.15, 0.2) is 0 Å². The SMILES string of the molecule is CCC(CC)Nc1cc(Cl)ccc1Cl. The van der Waals surface area contributed by atoms with Gasteiger partial charge in [0.05, 0.1) is 10.7 Å². The molecule has 3 heteroatoms. The second-order valence-corrected chi connectivity index (χ2v) is 4.13. The maximum absolute atomic E-state index is 6.03. The van der Waals surface area contributed by atoms with Gasteiger partial charge in [0.2, 0.25) is 0 Å². The van der Waals surface area contributed by atoms with Crippen molar-refractivity contribution in [1.82, 2.24) is 0 Å². The lowest BCUT2D eigenvalue weighted by Crippen LogP contribution is -2.17. The van der Waals surface area contributed by atoms with E-state index in [4.69, 9.17) is 23.2 Å². The Morgan fingerprint density at radius 3 is 2.43 bits per heavy atom. The minimum absolute atomic E-state index is 0.464. The van der Waals surface area contributed by atoms with E-state index < -0.39 is 0 Å². The van der Waals surface area contributed by atoms with Crippen molar-refractivity contribution in [3.63, 3.8) is 0 Å². The van der Waals surface area contributed by atoms with E-state index in [1.54, 1.807) is 6.07 Å². The smallest absolute Gasteiger partial charge is 0.0638 e. The Kier molecular flexibility index (Phi) is 4.56. The maximum atomic E-state index is 6.03. The molecule has 0 aliphatic carbocycles. The van der Waals surface area contributed by atoms with Crippen LogP contribution in [0.25, 0.3) is 0 Å². The fraction of sp³-hybridized carbons (Fsp3) is 0.455. The lowest BCUT2D eigenvalue weighted by molar-refractivity contribution is 0.672. The number of hydrogen-bond acceptors (Lipinski definition) is 1. The molecular weight excluding hydrogens is 217 g/mol. The summed E-state index contributed by atoms with van der Waals surface area (Å²) in [5.74, 6) is 0. The molecule has 0 radical (unpaired) electrons. The van der Waals surface area contributed by atoms with Crippen molar-refractivity contribution >= 4 is 28.9 Å². The largest absolute Gasteiger partial charge is 0.381 e. The van der Waals surface area contributed by atoms with Crippen LogP contribution in [0.2, 0.25) is 10.0 Å². The van der Waals surface area contributed by atoms with Gasteiger partial charge < -0.3 is 5.32 Å².